The van der Waals surface area contributed by atoms with Gasteiger partial charge in [-0.05, 0) is 20.3 Å². The number of aromatic carboxylic acids is 1. The maximum atomic E-state index is 11.6. The smallest absolute Gasteiger partial charge is 0.343 e. The van der Waals surface area contributed by atoms with Gasteiger partial charge in [0.15, 0.2) is 0 Å². The number of carbonyl (C=O) groups is 1. The monoisotopic (exact) mass is 240 g/mol. The molecule has 0 aliphatic rings. The lowest BCUT2D eigenvalue weighted by atomic mass is 10.0. The Balaban J connectivity index is 3.43. The second-order valence-corrected chi connectivity index (χ2v) is 3.97. The van der Waals surface area contributed by atoms with Crippen LogP contribution >= 0.6 is 0 Å². The molecule has 1 heterocycles. The fraction of sp³-hybridized carbons (Fsp3) is 0.545. The molecule has 0 saturated heterocycles. The van der Waals surface area contributed by atoms with Crippen LogP contribution in [0.2, 0.25) is 0 Å². The number of carboxylic acid groups (broad SMARTS) is 1. The molecule has 0 aliphatic heterocycles. The number of rotatable bonds is 4. The molecule has 0 saturated carbocycles. The summed E-state index contributed by atoms with van der Waals surface area (Å²) in [5.74, 6) is -0.937. The van der Waals surface area contributed by atoms with Gasteiger partial charge in [0.2, 0.25) is 0 Å². The zero-order valence-electron chi connectivity index (χ0n) is 10.3. The number of methoxy groups -OCH3 is 1. The van der Waals surface area contributed by atoms with Crippen molar-refractivity contribution in [1.82, 2.24) is 9.97 Å². The van der Waals surface area contributed by atoms with Crippen LogP contribution in [0.4, 0.5) is 0 Å². The quantitative estimate of drug-likeness (QED) is 0.820. The molecule has 0 bridgehead atoms. The van der Waals surface area contributed by atoms with Crippen LogP contribution in [0.3, 0.4) is 0 Å². The molecule has 6 heteroatoms. The van der Waals surface area contributed by atoms with Crippen molar-refractivity contribution < 1.29 is 14.6 Å². The Kier molecular flexibility index (Phi) is 3.67. The van der Waals surface area contributed by atoms with Gasteiger partial charge in [-0.25, -0.2) is 9.78 Å². The SMILES string of the molecule is CCC(C)(OC)c1nc(C)c(C(=O)O)c(=O)[nH]1. The molecule has 0 aromatic carbocycles. The molecular formula is C11H16N2O4. The van der Waals surface area contributed by atoms with Crippen molar-refractivity contribution in [2.45, 2.75) is 32.8 Å². The van der Waals surface area contributed by atoms with E-state index in [0.29, 0.717) is 12.2 Å². The number of nitrogens with zero attached hydrogens (tertiary/aromatic N) is 1. The number of carboxylic acids is 1. The minimum atomic E-state index is -1.28. The average molecular weight is 240 g/mol. The molecule has 0 radical (unpaired) electrons. The van der Waals surface area contributed by atoms with Crippen LogP contribution in [0.25, 0.3) is 0 Å². The van der Waals surface area contributed by atoms with Crippen LogP contribution < -0.4 is 5.56 Å². The largest absolute Gasteiger partial charge is 0.477 e. The summed E-state index contributed by atoms with van der Waals surface area (Å²) in [5, 5.41) is 8.86. The summed E-state index contributed by atoms with van der Waals surface area (Å²) in [7, 11) is 1.52. The molecule has 2 N–H and O–H groups in total. The highest BCUT2D eigenvalue weighted by atomic mass is 16.5. The zero-order chi connectivity index (χ0) is 13.2. The fourth-order valence-corrected chi connectivity index (χ4v) is 1.50. The summed E-state index contributed by atoms with van der Waals surface area (Å²) in [4.78, 5) is 29.1. The number of aromatic amines is 1. The van der Waals surface area contributed by atoms with Gasteiger partial charge in [0, 0.05) is 7.11 Å². The lowest BCUT2D eigenvalue weighted by Crippen LogP contribution is -2.32. The van der Waals surface area contributed by atoms with Crippen molar-refractivity contribution in [1.29, 1.82) is 0 Å². The maximum absolute atomic E-state index is 11.6. The predicted molar refractivity (Wildman–Crippen MR) is 61.2 cm³/mol. The third kappa shape index (κ3) is 2.36. The van der Waals surface area contributed by atoms with Crippen molar-refractivity contribution >= 4 is 5.97 Å². The Labute approximate surface area is 98.7 Å². The molecule has 0 amide bonds. The van der Waals surface area contributed by atoms with Gasteiger partial charge in [-0.2, -0.15) is 0 Å². The van der Waals surface area contributed by atoms with E-state index in [1.807, 2.05) is 6.92 Å². The first-order chi connectivity index (χ1) is 7.85. The maximum Gasteiger partial charge on any atom is 0.343 e. The summed E-state index contributed by atoms with van der Waals surface area (Å²) in [6.07, 6.45) is 0.609. The normalized spacial score (nSPS) is 14.4. The molecule has 17 heavy (non-hydrogen) atoms. The van der Waals surface area contributed by atoms with Crippen LogP contribution in [-0.4, -0.2) is 28.2 Å². The number of hydrogen-bond donors (Lipinski definition) is 2. The predicted octanol–water partition coefficient (Wildman–Crippen LogP) is 1.05. The molecular weight excluding hydrogens is 224 g/mol. The van der Waals surface area contributed by atoms with Crippen LogP contribution in [0.15, 0.2) is 4.79 Å². The average Bonchev–Trinajstić information content (AvgIpc) is 2.26. The van der Waals surface area contributed by atoms with Crippen LogP contribution in [0.5, 0.6) is 0 Å². The van der Waals surface area contributed by atoms with Crippen molar-refractivity contribution in [2.24, 2.45) is 0 Å². The highest BCUT2D eigenvalue weighted by molar-refractivity contribution is 5.88. The summed E-state index contributed by atoms with van der Waals surface area (Å²) < 4.78 is 5.30. The van der Waals surface area contributed by atoms with E-state index in [-0.39, 0.29) is 11.3 Å². The van der Waals surface area contributed by atoms with Gasteiger partial charge in [-0.15, -0.1) is 0 Å². The molecule has 1 rings (SSSR count). The standard InChI is InChI=1S/C11H16N2O4/c1-5-11(3,17-4)10-12-6(2)7(9(15)16)8(14)13-10/h5H2,1-4H3,(H,15,16)(H,12,13,14). The highest BCUT2D eigenvalue weighted by Gasteiger charge is 2.28. The lowest BCUT2D eigenvalue weighted by molar-refractivity contribution is -0.00939. The van der Waals surface area contributed by atoms with E-state index in [2.05, 4.69) is 9.97 Å². The Morgan fingerprint density at radius 2 is 2.18 bits per heavy atom. The van der Waals surface area contributed by atoms with E-state index < -0.39 is 17.1 Å². The Hall–Kier alpha value is -1.69. The van der Waals surface area contributed by atoms with Crippen molar-refractivity contribution in [2.75, 3.05) is 7.11 Å². The highest BCUT2D eigenvalue weighted by Crippen LogP contribution is 2.24. The lowest BCUT2D eigenvalue weighted by Gasteiger charge is -2.25. The molecule has 94 valence electrons. The zero-order valence-corrected chi connectivity index (χ0v) is 10.3. The Bertz CT molecular complexity index is 489. The van der Waals surface area contributed by atoms with Gasteiger partial charge < -0.3 is 14.8 Å². The number of aromatic nitrogens is 2. The van der Waals surface area contributed by atoms with E-state index in [9.17, 15) is 9.59 Å². The summed E-state index contributed by atoms with van der Waals surface area (Å²) >= 11 is 0. The van der Waals surface area contributed by atoms with Crippen LogP contribution in [0.1, 0.15) is 42.1 Å². The second kappa shape index (κ2) is 4.67. The van der Waals surface area contributed by atoms with Gasteiger partial charge in [0.25, 0.3) is 5.56 Å². The van der Waals surface area contributed by atoms with Crippen LogP contribution in [-0.2, 0) is 10.3 Å². The van der Waals surface area contributed by atoms with Crippen molar-refractivity contribution in [3.8, 4) is 0 Å². The van der Waals surface area contributed by atoms with E-state index in [4.69, 9.17) is 9.84 Å². The van der Waals surface area contributed by atoms with E-state index in [1.165, 1.54) is 14.0 Å². The molecule has 1 atom stereocenters. The first-order valence-electron chi connectivity index (χ1n) is 5.25. The summed E-state index contributed by atoms with van der Waals surface area (Å²) in [5.41, 5.74) is -1.52. The number of hydrogen-bond acceptors (Lipinski definition) is 4. The third-order valence-corrected chi connectivity index (χ3v) is 2.94. The van der Waals surface area contributed by atoms with E-state index >= 15 is 0 Å². The van der Waals surface area contributed by atoms with E-state index in [1.54, 1.807) is 6.92 Å². The summed E-state index contributed by atoms with van der Waals surface area (Å²) in [6, 6.07) is 0. The Morgan fingerprint density at radius 1 is 1.59 bits per heavy atom. The summed E-state index contributed by atoms with van der Waals surface area (Å²) in [6.45, 7) is 5.17. The number of H-pyrrole nitrogens is 1. The van der Waals surface area contributed by atoms with Gasteiger partial charge in [0.1, 0.15) is 17.0 Å². The number of nitrogens with one attached hydrogen (secondary N) is 1. The van der Waals surface area contributed by atoms with Crippen molar-refractivity contribution in [3.05, 3.63) is 27.4 Å². The molecule has 6 nitrogen and oxygen atoms in total. The number of aryl methyl sites for hydroxylation is 1. The van der Waals surface area contributed by atoms with Gasteiger partial charge >= 0.3 is 5.97 Å². The molecule has 1 unspecified atom stereocenters. The molecule has 1 aromatic heterocycles. The first-order valence-corrected chi connectivity index (χ1v) is 5.25. The number of ether oxygens (including phenoxy) is 1. The fourth-order valence-electron chi connectivity index (χ4n) is 1.50. The molecule has 1 aromatic rings. The van der Waals surface area contributed by atoms with Gasteiger partial charge in [-0.1, -0.05) is 6.92 Å². The van der Waals surface area contributed by atoms with Gasteiger partial charge in [0.05, 0.1) is 5.69 Å². The third-order valence-electron chi connectivity index (χ3n) is 2.94. The molecule has 0 aliphatic carbocycles. The van der Waals surface area contributed by atoms with E-state index in [0.717, 1.165) is 0 Å². The van der Waals surface area contributed by atoms with Gasteiger partial charge in [-0.3, -0.25) is 4.79 Å². The topological polar surface area (TPSA) is 92.3 Å². The minimum absolute atomic E-state index is 0.188. The Morgan fingerprint density at radius 3 is 2.53 bits per heavy atom. The first kappa shape index (κ1) is 13.4. The van der Waals surface area contributed by atoms with Crippen LogP contribution in [0, 0.1) is 6.92 Å². The minimum Gasteiger partial charge on any atom is -0.477 e. The molecule has 0 spiro atoms. The molecule has 0 fully saturated rings. The second-order valence-electron chi connectivity index (χ2n) is 3.97. The van der Waals surface area contributed by atoms with Crippen molar-refractivity contribution in [3.63, 3.8) is 0 Å².